The van der Waals surface area contributed by atoms with Gasteiger partial charge in [0.25, 0.3) is 5.91 Å². The Kier molecular flexibility index (Phi) is 5.38. The van der Waals surface area contributed by atoms with Crippen LogP contribution in [0.5, 0.6) is 5.88 Å². The zero-order valence-corrected chi connectivity index (χ0v) is 15.2. The monoisotopic (exact) mass is 360 g/mol. The summed E-state index contributed by atoms with van der Waals surface area (Å²) in [5, 5.41) is 0.489. The molecule has 0 aliphatic carbocycles. The number of anilines is 1. The van der Waals surface area contributed by atoms with Crippen molar-refractivity contribution in [2.45, 2.75) is 13.8 Å². The molecule has 0 saturated carbocycles. The molecule has 0 unspecified atom stereocenters. The van der Waals surface area contributed by atoms with E-state index >= 15 is 0 Å². The number of rotatable bonds is 4. The summed E-state index contributed by atoms with van der Waals surface area (Å²) in [4.78, 5) is 25.4. The summed E-state index contributed by atoms with van der Waals surface area (Å²) < 4.78 is 5.49. The topological polar surface area (TPSA) is 58.6 Å². The molecule has 132 valence electrons. The van der Waals surface area contributed by atoms with E-state index < -0.39 is 0 Å². The van der Waals surface area contributed by atoms with Gasteiger partial charge in [-0.3, -0.25) is 4.79 Å². The highest BCUT2D eigenvalue weighted by Crippen LogP contribution is 2.21. The molecule has 25 heavy (non-hydrogen) atoms. The predicted molar refractivity (Wildman–Crippen MR) is 97.5 cm³/mol. The van der Waals surface area contributed by atoms with Gasteiger partial charge in [-0.05, 0) is 26.0 Å². The van der Waals surface area contributed by atoms with Gasteiger partial charge in [0, 0.05) is 32.2 Å². The van der Waals surface area contributed by atoms with Crippen LogP contribution in [-0.2, 0) is 0 Å². The number of halogens is 1. The molecule has 0 spiro atoms. The number of amides is 1. The Labute approximate surface area is 152 Å². The molecule has 6 nitrogen and oxygen atoms in total. The van der Waals surface area contributed by atoms with Crippen molar-refractivity contribution < 1.29 is 9.53 Å². The zero-order chi connectivity index (χ0) is 17.8. The SMILES string of the molecule is CCOc1cc(N2CCN(C(=O)c3ccccc3Cl)CC2)nc(C)n1. The summed E-state index contributed by atoms with van der Waals surface area (Å²) in [6.07, 6.45) is 0. The van der Waals surface area contributed by atoms with Crippen LogP contribution < -0.4 is 9.64 Å². The second-order valence-electron chi connectivity index (χ2n) is 5.80. The van der Waals surface area contributed by atoms with Gasteiger partial charge >= 0.3 is 0 Å². The van der Waals surface area contributed by atoms with E-state index in [0.29, 0.717) is 55.1 Å². The summed E-state index contributed by atoms with van der Waals surface area (Å²) in [5.74, 6) is 2.06. The molecule has 1 saturated heterocycles. The van der Waals surface area contributed by atoms with Crippen LogP contribution in [0.1, 0.15) is 23.1 Å². The first-order valence-corrected chi connectivity index (χ1v) is 8.73. The number of benzene rings is 1. The summed E-state index contributed by atoms with van der Waals surface area (Å²) in [5.41, 5.74) is 0.550. The molecule has 7 heteroatoms. The van der Waals surface area contributed by atoms with Gasteiger partial charge in [-0.1, -0.05) is 23.7 Å². The second-order valence-corrected chi connectivity index (χ2v) is 6.21. The Morgan fingerprint density at radius 3 is 2.60 bits per heavy atom. The van der Waals surface area contributed by atoms with E-state index in [1.807, 2.05) is 36.9 Å². The Balaban J connectivity index is 1.68. The first-order valence-electron chi connectivity index (χ1n) is 8.35. The van der Waals surface area contributed by atoms with Crippen molar-refractivity contribution in [3.05, 3.63) is 46.7 Å². The fourth-order valence-corrected chi connectivity index (χ4v) is 3.07. The van der Waals surface area contributed by atoms with Crippen molar-refractivity contribution in [3.63, 3.8) is 0 Å². The smallest absolute Gasteiger partial charge is 0.255 e. The Morgan fingerprint density at radius 2 is 1.92 bits per heavy atom. The highest BCUT2D eigenvalue weighted by Gasteiger charge is 2.24. The van der Waals surface area contributed by atoms with Gasteiger partial charge in [-0.25, -0.2) is 4.98 Å². The molecule has 2 heterocycles. The molecule has 0 radical (unpaired) electrons. The maximum absolute atomic E-state index is 12.6. The Bertz CT molecular complexity index is 760. The molecule has 3 rings (SSSR count). The average Bonchev–Trinajstić information content (AvgIpc) is 2.61. The van der Waals surface area contributed by atoms with Crippen molar-refractivity contribution in [3.8, 4) is 5.88 Å². The largest absolute Gasteiger partial charge is 0.478 e. The van der Waals surface area contributed by atoms with Gasteiger partial charge < -0.3 is 14.5 Å². The summed E-state index contributed by atoms with van der Waals surface area (Å²) in [6.45, 7) is 7.00. The maximum atomic E-state index is 12.6. The van der Waals surface area contributed by atoms with Gasteiger partial charge in [0.15, 0.2) is 0 Å². The van der Waals surface area contributed by atoms with Crippen molar-refractivity contribution in [1.82, 2.24) is 14.9 Å². The second kappa shape index (κ2) is 7.70. The number of piperazine rings is 1. The van der Waals surface area contributed by atoms with Gasteiger partial charge in [-0.15, -0.1) is 0 Å². The lowest BCUT2D eigenvalue weighted by molar-refractivity contribution is 0.0746. The third kappa shape index (κ3) is 4.02. The van der Waals surface area contributed by atoms with Crippen molar-refractivity contribution in [2.75, 3.05) is 37.7 Å². The van der Waals surface area contributed by atoms with E-state index in [0.717, 1.165) is 5.82 Å². The van der Waals surface area contributed by atoms with Crippen LogP contribution in [0, 0.1) is 6.92 Å². The zero-order valence-electron chi connectivity index (χ0n) is 14.4. The number of aryl methyl sites for hydroxylation is 1. The molecule has 0 bridgehead atoms. The van der Waals surface area contributed by atoms with Crippen LogP contribution >= 0.6 is 11.6 Å². The Morgan fingerprint density at radius 1 is 1.20 bits per heavy atom. The number of nitrogens with zero attached hydrogens (tertiary/aromatic N) is 4. The fraction of sp³-hybridized carbons (Fsp3) is 0.389. The fourth-order valence-electron chi connectivity index (χ4n) is 2.85. The van der Waals surface area contributed by atoms with Gasteiger partial charge in [0.05, 0.1) is 17.2 Å². The summed E-state index contributed by atoms with van der Waals surface area (Å²) in [7, 11) is 0. The third-order valence-electron chi connectivity index (χ3n) is 4.09. The molecule has 1 aromatic carbocycles. The number of carbonyl (C=O) groups is 1. The molecule has 1 fully saturated rings. The minimum absolute atomic E-state index is 0.0286. The number of hydrogen-bond donors (Lipinski definition) is 0. The van der Waals surface area contributed by atoms with E-state index in [2.05, 4.69) is 14.9 Å². The van der Waals surface area contributed by atoms with Crippen LogP contribution in [0.2, 0.25) is 5.02 Å². The van der Waals surface area contributed by atoms with Crippen LogP contribution in [0.25, 0.3) is 0 Å². The summed E-state index contributed by atoms with van der Waals surface area (Å²) in [6, 6.07) is 9.00. The van der Waals surface area contributed by atoms with Gasteiger partial charge in [0.2, 0.25) is 5.88 Å². The number of carbonyl (C=O) groups excluding carboxylic acids is 1. The lowest BCUT2D eigenvalue weighted by Gasteiger charge is -2.35. The van der Waals surface area contributed by atoms with Crippen molar-refractivity contribution in [1.29, 1.82) is 0 Å². The lowest BCUT2D eigenvalue weighted by atomic mass is 10.2. The van der Waals surface area contributed by atoms with E-state index in [1.54, 1.807) is 12.1 Å². The normalized spacial score (nSPS) is 14.5. The molecule has 0 atom stereocenters. The molecule has 1 aliphatic rings. The first-order chi connectivity index (χ1) is 12.1. The van der Waals surface area contributed by atoms with Crippen LogP contribution in [0.3, 0.4) is 0 Å². The maximum Gasteiger partial charge on any atom is 0.255 e. The molecule has 2 aromatic rings. The quantitative estimate of drug-likeness (QED) is 0.839. The van der Waals surface area contributed by atoms with E-state index in [-0.39, 0.29) is 5.91 Å². The van der Waals surface area contributed by atoms with Crippen molar-refractivity contribution >= 4 is 23.3 Å². The first kappa shape index (κ1) is 17.5. The van der Waals surface area contributed by atoms with E-state index in [4.69, 9.17) is 16.3 Å². The van der Waals surface area contributed by atoms with Gasteiger partial charge in [0.1, 0.15) is 11.6 Å². The van der Waals surface area contributed by atoms with Gasteiger partial charge in [-0.2, -0.15) is 4.98 Å². The average molecular weight is 361 g/mol. The highest BCUT2D eigenvalue weighted by molar-refractivity contribution is 6.33. The molecular formula is C18H21ClN4O2. The third-order valence-corrected chi connectivity index (χ3v) is 4.42. The lowest BCUT2D eigenvalue weighted by Crippen LogP contribution is -2.49. The highest BCUT2D eigenvalue weighted by atomic mass is 35.5. The molecule has 1 aliphatic heterocycles. The molecule has 0 N–H and O–H groups in total. The number of ether oxygens (including phenoxy) is 1. The number of aromatic nitrogens is 2. The van der Waals surface area contributed by atoms with Crippen molar-refractivity contribution in [2.24, 2.45) is 0 Å². The molecular weight excluding hydrogens is 340 g/mol. The minimum Gasteiger partial charge on any atom is -0.478 e. The van der Waals surface area contributed by atoms with E-state index in [1.165, 1.54) is 0 Å². The predicted octanol–water partition coefficient (Wildman–Crippen LogP) is 2.80. The molecule has 1 aromatic heterocycles. The van der Waals surface area contributed by atoms with E-state index in [9.17, 15) is 4.79 Å². The Hall–Kier alpha value is -2.34. The molecule has 1 amide bonds. The van der Waals surface area contributed by atoms with Crippen LogP contribution in [0.4, 0.5) is 5.82 Å². The van der Waals surface area contributed by atoms with Crippen LogP contribution in [-0.4, -0.2) is 53.6 Å². The summed E-state index contributed by atoms with van der Waals surface area (Å²) >= 11 is 6.14. The standard InChI is InChI=1S/C18H21ClN4O2/c1-3-25-17-12-16(20-13(2)21-17)22-8-10-23(11-9-22)18(24)14-6-4-5-7-15(14)19/h4-7,12H,3,8-11H2,1-2H3. The number of hydrogen-bond acceptors (Lipinski definition) is 5. The minimum atomic E-state index is -0.0286. The van der Waals surface area contributed by atoms with Crippen LogP contribution in [0.15, 0.2) is 30.3 Å².